The third-order valence-electron chi connectivity index (χ3n) is 3.44. The number of aromatic nitrogens is 3. The van der Waals surface area contributed by atoms with E-state index in [0.29, 0.717) is 0 Å². The fraction of sp³-hybridized carbons (Fsp3) is 0.833. The molecule has 18 heavy (non-hydrogen) atoms. The molecule has 1 saturated carbocycles. The van der Waals surface area contributed by atoms with Gasteiger partial charge in [0.15, 0.2) is 0 Å². The lowest BCUT2D eigenvalue weighted by Gasteiger charge is -2.18. The maximum atomic E-state index is 5.68. The summed E-state index contributed by atoms with van der Waals surface area (Å²) in [4.78, 5) is 0. The number of thioether (sulfide) groups is 1. The highest BCUT2D eigenvalue weighted by Crippen LogP contribution is 2.31. The van der Waals surface area contributed by atoms with Crippen molar-refractivity contribution in [3.8, 4) is 0 Å². The van der Waals surface area contributed by atoms with Crippen LogP contribution in [-0.2, 0) is 6.54 Å². The molecule has 1 aromatic heterocycles. The van der Waals surface area contributed by atoms with Crippen molar-refractivity contribution in [3.63, 3.8) is 0 Å². The minimum atomic E-state index is 0.150. The van der Waals surface area contributed by atoms with E-state index in [1.165, 1.54) is 25.7 Å². The lowest BCUT2D eigenvalue weighted by molar-refractivity contribution is 0.501. The molecule has 1 aliphatic rings. The van der Waals surface area contributed by atoms with Crippen molar-refractivity contribution in [2.45, 2.75) is 56.9 Å². The molecule has 1 heterocycles. The predicted octanol–water partition coefficient (Wildman–Crippen LogP) is 1.87. The van der Waals surface area contributed by atoms with Gasteiger partial charge >= 0.3 is 0 Å². The Bertz CT molecular complexity index is 348. The number of hydrogen-bond donors (Lipinski definition) is 2. The summed E-state index contributed by atoms with van der Waals surface area (Å²) >= 11 is 2.03. The highest BCUT2D eigenvalue weighted by Gasteiger charge is 2.20. The summed E-state index contributed by atoms with van der Waals surface area (Å²) in [5.74, 6) is 6.68. The second kappa shape index (κ2) is 7.11. The van der Waals surface area contributed by atoms with Crippen LogP contribution in [0.4, 0.5) is 0 Å². The minimum Gasteiger partial charge on any atom is -0.271 e. The molecule has 6 heteroatoms. The fourth-order valence-corrected chi connectivity index (χ4v) is 3.83. The molecule has 1 aliphatic carbocycles. The molecule has 0 aliphatic heterocycles. The van der Waals surface area contributed by atoms with E-state index in [1.54, 1.807) is 0 Å². The number of nitrogens with zero attached hydrogens (tertiary/aromatic N) is 3. The van der Waals surface area contributed by atoms with Gasteiger partial charge in [0.1, 0.15) is 0 Å². The van der Waals surface area contributed by atoms with Crippen LogP contribution in [0.15, 0.2) is 6.20 Å². The Labute approximate surface area is 113 Å². The van der Waals surface area contributed by atoms with E-state index in [-0.39, 0.29) is 6.04 Å². The number of rotatable bonds is 7. The molecule has 0 amide bonds. The molecule has 0 radical (unpaired) electrons. The monoisotopic (exact) mass is 269 g/mol. The molecule has 2 rings (SSSR count). The quantitative estimate of drug-likeness (QED) is 0.584. The van der Waals surface area contributed by atoms with E-state index < -0.39 is 0 Å². The molecule has 1 aromatic rings. The first-order valence-electron chi connectivity index (χ1n) is 6.81. The molecule has 1 fully saturated rings. The van der Waals surface area contributed by atoms with E-state index in [2.05, 4.69) is 22.7 Å². The average Bonchev–Trinajstić information content (AvgIpc) is 3.02. The van der Waals surface area contributed by atoms with Gasteiger partial charge in [-0.2, -0.15) is 11.8 Å². The van der Waals surface area contributed by atoms with Gasteiger partial charge in [-0.25, -0.2) is 4.68 Å². The highest BCUT2D eigenvalue weighted by atomic mass is 32.2. The SMILES string of the molecule is CCCn1nncc1C(CSC1CCCC1)NN. The van der Waals surface area contributed by atoms with Gasteiger partial charge in [0.25, 0.3) is 0 Å². The molecule has 5 nitrogen and oxygen atoms in total. The number of hydrazine groups is 1. The summed E-state index contributed by atoms with van der Waals surface area (Å²) in [7, 11) is 0. The first-order chi connectivity index (χ1) is 8.85. The van der Waals surface area contributed by atoms with Crippen LogP contribution in [-0.4, -0.2) is 26.0 Å². The van der Waals surface area contributed by atoms with E-state index >= 15 is 0 Å². The Morgan fingerprint density at radius 2 is 2.33 bits per heavy atom. The van der Waals surface area contributed by atoms with E-state index in [9.17, 15) is 0 Å². The normalized spacial score (nSPS) is 18.3. The van der Waals surface area contributed by atoms with E-state index in [0.717, 1.165) is 29.7 Å². The van der Waals surface area contributed by atoms with Crippen LogP contribution in [0.3, 0.4) is 0 Å². The van der Waals surface area contributed by atoms with Crippen molar-refractivity contribution in [3.05, 3.63) is 11.9 Å². The van der Waals surface area contributed by atoms with Crippen molar-refractivity contribution in [1.82, 2.24) is 20.4 Å². The molecular weight excluding hydrogens is 246 g/mol. The van der Waals surface area contributed by atoms with Crippen molar-refractivity contribution in [2.75, 3.05) is 5.75 Å². The average molecular weight is 269 g/mol. The number of nitrogens with one attached hydrogen (secondary N) is 1. The largest absolute Gasteiger partial charge is 0.271 e. The van der Waals surface area contributed by atoms with Crippen LogP contribution in [0.1, 0.15) is 50.8 Å². The maximum Gasteiger partial charge on any atom is 0.0778 e. The zero-order chi connectivity index (χ0) is 12.8. The van der Waals surface area contributed by atoms with Crippen molar-refractivity contribution >= 4 is 11.8 Å². The summed E-state index contributed by atoms with van der Waals surface area (Å²) in [6.07, 6.45) is 8.36. The number of nitrogens with two attached hydrogens (primary N) is 1. The van der Waals surface area contributed by atoms with Gasteiger partial charge in [0, 0.05) is 17.5 Å². The van der Waals surface area contributed by atoms with Crippen LogP contribution in [0, 0.1) is 0 Å². The van der Waals surface area contributed by atoms with Crippen LogP contribution in [0.5, 0.6) is 0 Å². The Kier molecular flexibility index (Phi) is 5.46. The van der Waals surface area contributed by atoms with Crippen molar-refractivity contribution in [1.29, 1.82) is 0 Å². The molecule has 1 unspecified atom stereocenters. The Hall–Kier alpha value is -0.590. The van der Waals surface area contributed by atoms with E-state index in [1.807, 2.05) is 22.6 Å². The zero-order valence-electron chi connectivity index (χ0n) is 11.0. The molecule has 102 valence electrons. The lowest BCUT2D eigenvalue weighted by Crippen LogP contribution is -2.32. The predicted molar refractivity (Wildman–Crippen MR) is 75.1 cm³/mol. The van der Waals surface area contributed by atoms with Gasteiger partial charge in [-0.05, 0) is 19.3 Å². The van der Waals surface area contributed by atoms with Crippen LogP contribution >= 0.6 is 11.8 Å². The second-order valence-electron chi connectivity index (χ2n) is 4.84. The van der Waals surface area contributed by atoms with E-state index in [4.69, 9.17) is 5.84 Å². The second-order valence-corrected chi connectivity index (χ2v) is 6.17. The summed E-state index contributed by atoms with van der Waals surface area (Å²) in [5.41, 5.74) is 4.01. The Morgan fingerprint density at radius 1 is 1.56 bits per heavy atom. The number of hydrogen-bond acceptors (Lipinski definition) is 5. The topological polar surface area (TPSA) is 68.8 Å². The summed E-state index contributed by atoms with van der Waals surface area (Å²) in [6.45, 7) is 3.05. The first kappa shape index (κ1) is 13.8. The molecule has 0 aromatic carbocycles. The van der Waals surface area contributed by atoms with Gasteiger partial charge in [-0.15, -0.1) is 5.10 Å². The summed E-state index contributed by atoms with van der Waals surface area (Å²) in [5, 5.41) is 8.93. The molecule has 0 bridgehead atoms. The summed E-state index contributed by atoms with van der Waals surface area (Å²) < 4.78 is 1.96. The molecular formula is C12H23N5S. The molecule has 1 atom stereocenters. The van der Waals surface area contributed by atoms with Crippen LogP contribution < -0.4 is 11.3 Å². The smallest absolute Gasteiger partial charge is 0.0778 e. The van der Waals surface area contributed by atoms with Crippen molar-refractivity contribution < 1.29 is 0 Å². The van der Waals surface area contributed by atoms with Crippen LogP contribution in [0.25, 0.3) is 0 Å². The highest BCUT2D eigenvalue weighted by molar-refractivity contribution is 7.99. The van der Waals surface area contributed by atoms with Crippen LogP contribution in [0.2, 0.25) is 0 Å². The first-order valence-corrected chi connectivity index (χ1v) is 7.86. The fourth-order valence-electron chi connectivity index (χ4n) is 2.43. The molecule has 3 N–H and O–H groups in total. The Morgan fingerprint density at radius 3 is 3.00 bits per heavy atom. The third-order valence-corrected chi connectivity index (χ3v) is 4.91. The standard InChI is InChI=1S/C12H23N5S/c1-2-7-17-12(8-14-16-17)11(15-13)9-18-10-5-3-4-6-10/h8,10-11,15H,2-7,9,13H2,1H3. The molecule has 0 spiro atoms. The lowest BCUT2D eigenvalue weighted by atomic mass is 10.2. The van der Waals surface area contributed by atoms with Gasteiger partial charge < -0.3 is 0 Å². The van der Waals surface area contributed by atoms with Gasteiger partial charge in [0.05, 0.1) is 17.9 Å². The minimum absolute atomic E-state index is 0.150. The maximum absolute atomic E-state index is 5.68. The van der Waals surface area contributed by atoms with Gasteiger partial charge in [-0.3, -0.25) is 11.3 Å². The van der Waals surface area contributed by atoms with Crippen molar-refractivity contribution in [2.24, 2.45) is 5.84 Å². The summed E-state index contributed by atoms with van der Waals surface area (Å²) in [6, 6.07) is 0.150. The molecule has 0 saturated heterocycles. The van der Waals surface area contributed by atoms with Gasteiger partial charge in [0.2, 0.25) is 0 Å². The zero-order valence-corrected chi connectivity index (χ0v) is 11.8. The Balaban J connectivity index is 1.91. The third kappa shape index (κ3) is 3.46. The van der Waals surface area contributed by atoms with Gasteiger partial charge in [-0.1, -0.05) is 25.0 Å². The number of aryl methyl sites for hydroxylation is 1.